The Labute approximate surface area is 117 Å². The van der Waals surface area contributed by atoms with E-state index in [0.29, 0.717) is 16.5 Å². The van der Waals surface area contributed by atoms with E-state index in [2.05, 4.69) is 26.2 Å². The molecule has 19 heavy (non-hydrogen) atoms. The van der Waals surface area contributed by atoms with Gasteiger partial charge in [-0.1, -0.05) is 15.9 Å². The first-order chi connectivity index (χ1) is 9.01. The van der Waals surface area contributed by atoms with Crippen molar-refractivity contribution >= 4 is 32.7 Å². The summed E-state index contributed by atoms with van der Waals surface area (Å²) >= 11 is 3.34. The number of benzene rings is 1. The van der Waals surface area contributed by atoms with Gasteiger partial charge < -0.3 is 15.4 Å². The van der Waals surface area contributed by atoms with Crippen LogP contribution in [0.1, 0.15) is 17.3 Å². The van der Waals surface area contributed by atoms with Gasteiger partial charge in [-0.25, -0.2) is 0 Å². The molecule has 1 aromatic carbocycles. The van der Waals surface area contributed by atoms with Crippen LogP contribution >= 0.6 is 15.9 Å². The van der Waals surface area contributed by atoms with Crippen LogP contribution in [0.5, 0.6) is 0 Å². The van der Waals surface area contributed by atoms with E-state index >= 15 is 0 Å². The number of rotatable bonds is 3. The third-order valence-corrected chi connectivity index (χ3v) is 3.19. The lowest BCUT2D eigenvalue weighted by molar-refractivity contribution is 0.0924. The number of fused-ring (bicyclic) bond motifs is 1. The molecule has 5 nitrogen and oxygen atoms in total. The highest BCUT2D eigenvalue weighted by molar-refractivity contribution is 9.10. The second-order valence-corrected chi connectivity index (χ2v) is 5.21. The van der Waals surface area contributed by atoms with Gasteiger partial charge in [0.15, 0.2) is 0 Å². The monoisotopic (exact) mass is 324 g/mol. The normalized spacial score (nSPS) is 12.4. The summed E-state index contributed by atoms with van der Waals surface area (Å²) in [5, 5.41) is 12.2. The maximum Gasteiger partial charge on any atom is 0.252 e. The Morgan fingerprint density at radius 1 is 1.47 bits per heavy atom. The lowest BCUT2D eigenvalue weighted by Gasteiger charge is -2.12. The van der Waals surface area contributed by atoms with E-state index in [1.54, 1.807) is 25.1 Å². The van der Waals surface area contributed by atoms with E-state index in [9.17, 15) is 9.59 Å². The number of nitrogens with one attached hydrogen (secondary N) is 2. The molecule has 0 aliphatic carbocycles. The zero-order valence-corrected chi connectivity index (χ0v) is 11.8. The van der Waals surface area contributed by atoms with Crippen molar-refractivity contribution in [2.24, 2.45) is 0 Å². The first-order valence-electron chi connectivity index (χ1n) is 5.75. The van der Waals surface area contributed by atoms with Crippen molar-refractivity contribution < 1.29 is 9.90 Å². The molecule has 3 N–H and O–H groups in total. The van der Waals surface area contributed by atoms with E-state index in [1.165, 1.54) is 6.07 Å². The summed E-state index contributed by atoms with van der Waals surface area (Å²) in [5.41, 5.74) is 0.550. The lowest BCUT2D eigenvalue weighted by Crippen LogP contribution is -2.35. The molecule has 0 saturated heterocycles. The Balaban J connectivity index is 2.55. The fourth-order valence-electron chi connectivity index (χ4n) is 1.76. The molecule has 1 unspecified atom stereocenters. The van der Waals surface area contributed by atoms with E-state index < -0.39 is 0 Å². The average Bonchev–Trinajstić information content (AvgIpc) is 2.38. The fourth-order valence-corrected chi connectivity index (χ4v) is 2.12. The minimum atomic E-state index is -0.379. The van der Waals surface area contributed by atoms with Gasteiger partial charge in [-0.15, -0.1) is 0 Å². The Morgan fingerprint density at radius 2 is 2.21 bits per heavy atom. The summed E-state index contributed by atoms with van der Waals surface area (Å²) in [4.78, 5) is 26.3. The third kappa shape index (κ3) is 3.02. The van der Waals surface area contributed by atoms with Gasteiger partial charge in [-0.3, -0.25) is 9.59 Å². The van der Waals surface area contributed by atoms with Crippen LogP contribution in [0.4, 0.5) is 0 Å². The van der Waals surface area contributed by atoms with Crippen molar-refractivity contribution in [1.82, 2.24) is 10.3 Å². The van der Waals surface area contributed by atoms with Gasteiger partial charge in [-0.05, 0) is 25.1 Å². The standard InChI is InChI=1S/C13H13BrN2O3/c1-7(6-17)15-13(19)10-5-12(18)16-11-3-2-8(14)4-9(10)11/h2-5,7,17H,6H2,1H3,(H,15,19)(H,16,18). The zero-order chi connectivity index (χ0) is 14.0. The molecule has 0 aliphatic rings. The van der Waals surface area contributed by atoms with Crippen molar-refractivity contribution in [3.05, 3.63) is 44.7 Å². The van der Waals surface area contributed by atoms with E-state index in [-0.39, 0.29) is 24.1 Å². The molecule has 1 heterocycles. The second-order valence-electron chi connectivity index (χ2n) is 4.29. The largest absolute Gasteiger partial charge is 0.394 e. The number of carbonyl (C=O) groups is 1. The van der Waals surface area contributed by atoms with Gasteiger partial charge in [0, 0.05) is 27.5 Å². The molecular formula is C13H13BrN2O3. The summed E-state index contributed by atoms with van der Waals surface area (Å²) in [6.45, 7) is 1.53. The number of hydrogen-bond donors (Lipinski definition) is 3. The number of H-pyrrole nitrogens is 1. The van der Waals surface area contributed by atoms with Crippen LogP contribution in [0.3, 0.4) is 0 Å². The van der Waals surface area contributed by atoms with Crippen LogP contribution in [0, 0.1) is 0 Å². The van der Waals surface area contributed by atoms with Crippen molar-refractivity contribution in [1.29, 1.82) is 0 Å². The number of aliphatic hydroxyl groups is 1. The van der Waals surface area contributed by atoms with Gasteiger partial charge in [0.05, 0.1) is 12.2 Å². The molecule has 6 heteroatoms. The highest BCUT2D eigenvalue weighted by Gasteiger charge is 2.14. The summed E-state index contributed by atoms with van der Waals surface area (Å²) in [6.07, 6.45) is 0. The molecule has 2 aromatic rings. The molecule has 0 bridgehead atoms. The minimum absolute atomic E-state index is 0.156. The molecule has 1 aromatic heterocycles. The molecule has 2 rings (SSSR count). The van der Waals surface area contributed by atoms with Crippen LogP contribution in [-0.2, 0) is 0 Å². The number of aliphatic hydroxyl groups excluding tert-OH is 1. The average molecular weight is 325 g/mol. The summed E-state index contributed by atoms with van der Waals surface area (Å²) in [6, 6.07) is 6.18. The Hall–Kier alpha value is -1.66. The zero-order valence-electron chi connectivity index (χ0n) is 10.2. The van der Waals surface area contributed by atoms with Crippen molar-refractivity contribution in [3.8, 4) is 0 Å². The van der Waals surface area contributed by atoms with E-state index in [1.807, 2.05) is 0 Å². The van der Waals surface area contributed by atoms with Crippen LogP contribution in [-0.4, -0.2) is 28.6 Å². The summed E-state index contributed by atoms with van der Waals surface area (Å²) in [5.74, 6) is -0.379. The quantitative estimate of drug-likeness (QED) is 0.798. The molecule has 0 saturated carbocycles. The second kappa shape index (κ2) is 5.54. The van der Waals surface area contributed by atoms with Crippen LogP contribution in [0.15, 0.2) is 33.5 Å². The van der Waals surface area contributed by atoms with Crippen LogP contribution in [0.25, 0.3) is 10.9 Å². The first kappa shape index (κ1) is 13.8. The predicted molar refractivity (Wildman–Crippen MR) is 76.3 cm³/mol. The van der Waals surface area contributed by atoms with Crippen molar-refractivity contribution in [2.75, 3.05) is 6.61 Å². The number of pyridine rings is 1. The smallest absolute Gasteiger partial charge is 0.252 e. The van der Waals surface area contributed by atoms with Crippen LogP contribution < -0.4 is 10.9 Å². The Bertz CT molecular complexity index is 681. The molecule has 0 radical (unpaired) electrons. The number of aromatic amines is 1. The van der Waals surface area contributed by atoms with Gasteiger partial charge in [0.1, 0.15) is 0 Å². The number of halogens is 1. The number of carbonyl (C=O) groups excluding carboxylic acids is 1. The summed E-state index contributed by atoms with van der Waals surface area (Å²) in [7, 11) is 0. The highest BCUT2D eigenvalue weighted by Crippen LogP contribution is 2.20. The maximum absolute atomic E-state index is 12.1. The first-order valence-corrected chi connectivity index (χ1v) is 6.55. The Kier molecular flexibility index (Phi) is 4.01. The van der Waals surface area contributed by atoms with Gasteiger partial charge in [0.2, 0.25) is 5.56 Å². The van der Waals surface area contributed by atoms with Gasteiger partial charge in [-0.2, -0.15) is 0 Å². The maximum atomic E-state index is 12.1. The lowest BCUT2D eigenvalue weighted by atomic mass is 10.1. The number of aromatic nitrogens is 1. The number of amides is 1. The molecule has 0 fully saturated rings. The Morgan fingerprint density at radius 3 is 2.89 bits per heavy atom. The van der Waals surface area contributed by atoms with Crippen LogP contribution in [0.2, 0.25) is 0 Å². The number of hydrogen-bond acceptors (Lipinski definition) is 3. The fraction of sp³-hybridized carbons (Fsp3) is 0.231. The molecule has 0 aliphatic heterocycles. The molecule has 0 spiro atoms. The molecule has 100 valence electrons. The third-order valence-electron chi connectivity index (χ3n) is 2.70. The van der Waals surface area contributed by atoms with E-state index in [0.717, 1.165) is 4.47 Å². The minimum Gasteiger partial charge on any atom is -0.394 e. The predicted octanol–water partition coefficient (Wildman–Crippen LogP) is 1.40. The SMILES string of the molecule is CC(CO)NC(=O)c1cc(=O)[nH]c2ccc(Br)cc12. The molecule has 1 atom stereocenters. The highest BCUT2D eigenvalue weighted by atomic mass is 79.9. The van der Waals surface area contributed by atoms with Crippen molar-refractivity contribution in [2.45, 2.75) is 13.0 Å². The molecule has 1 amide bonds. The topological polar surface area (TPSA) is 82.2 Å². The van der Waals surface area contributed by atoms with Gasteiger partial charge >= 0.3 is 0 Å². The van der Waals surface area contributed by atoms with Gasteiger partial charge in [0.25, 0.3) is 5.91 Å². The molecular weight excluding hydrogens is 312 g/mol. The van der Waals surface area contributed by atoms with E-state index in [4.69, 9.17) is 5.11 Å². The summed E-state index contributed by atoms with van der Waals surface area (Å²) < 4.78 is 0.816. The van der Waals surface area contributed by atoms with Crippen molar-refractivity contribution in [3.63, 3.8) is 0 Å².